The molecule has 0 amide bonds. The van der Waals surface area contributed by atoms with Crippen molar-refractivity contribution in [3.8, 4) is 0 Å². The van der Waals surface area contributed by atoms with Crippen molar-refractivity contribution in [3.63, 3.8) is 0 Å². The Hall–Kier alpha value is 0.670. The van der Waals surface area contributed by atoms with Crippen LogP contribution in [0, 0.1) is 0 Å². The Morgan fingerprint density at radius 2 is 2.00 bits per heavy atom. The fourth-order valence-corrected chi connectivity index (χ4v) is 2.56. The number of aromatic amines is 1. The van der Waals surface area contributed by atoms with Crippen LogP contribution < -0.4 is 80.2 Å². The zero-order valence-electron chi connectivity index (χ0n) is 12.3. The first kappa shape index (κ1) is 23.7. The van der Waals surface area contributed by atoms with E-state index in [0.717, 1.165) is 16.8 Å². The van der Waals surface area contributed by atoms with Gasteiger partial charge >= 0.3 is 64.8 Å². The molecule has 0 bridgehead atoms. The first-order valence-corrected chi connectivity index (χ1v) is 7.15. The zero-order chi connectivity index (χ0) is 15.8. The second-order valence-electron chi connectivity index (χ2n) is 4.27. The molecule has 0 aliphatic carbocycles. The number of rotatable bonds is 4. The van der Waals surface area contributed by atoms with Crippen LogP contribution in [-0.4, -0.2) is 44.7 Å². The van der Waals surface area contributed by atoms with Crippen molar-refractivity contribution in [3.05, 3.63) is 33.1 Å². The van der Waals surface area contributed by atoms with Crippen LogP contribution in [0.5, 0.6) is 0 Å². The number of nitrogens with zero attached hydrogens (tertiary/aromatic N) is 1. The number of aliphatic hydroxyl groups excluding tert-OH is 2. The molecule has 0 unspecified atom stereocenters. The summed E-state index contributed by atoms with van der Waals surface area (Å²) in [6.45, 7) is -0.754. The van der Waals surface area contributed by atoms with E-state index < -0.39 is 50.2 Å². The van der Waals surface area contributed by atoms with Crippen molar-refractivity contribution in [2.75, 3.05) is 6.61 Å². The Morgan fingerprint density at radius 3 is 2.48 bits per heavy atom. The second-order valence-corrected chi connectivity index (χ2v) is 5.38. The minimum Gasteiger partial charge on any atom is -0.790 e. The van der Waals surface area contributed by atoms with Crippen LogP contribution in [0.25, 0.3) is 0 Å². The number of phosphoric acid groups is 1. The van der Waals surface area contributed by atoms with Gasteiger partial charge in [0.25, 0.3) is 5.56 Å². The van der Waals surface area contributed by atoms with Gasteiger partial charge in [-0.25, -0.2) is 4.79 Å². The van der Waals surface area contributed by atoms with E-state index in [1.54, 1.807) is 0 Å². The smallest absolute Gasteiger partial charge is 0.790 e. The molecular formula is C9H11N2Na2O9P. The molecule has 1 aliphatic heterocycles. The van der Waals surface area contributed by atoms with Crippen molar-refractivity contribution in [2.24, 2.45) is 0 Å². The fourth-order valence-electron chi connectivity index (χ4n) is 2.00. The van der Waals surface area contributed by atoms with Crippen molar-refractivity contribution >= 4 is 7.82 Å². The quantitative estimate of drug-likeness (QED) is 0.344. The number of hydrogen-bond acceptors (Lipinski definition) is 9. The van der Waals surface area contributed by atoms with Gasteiger partial charge in [-0.1, -0.05) is 0 Å². The van der Waals surface area contributed by atoms with Gasteiger partial charge in [0.05, 0.1) is 14.4 Å². The minimum atomic E-state index is -5.44. The van der Waals surface area contributed by atoms with E-state index in [4.69, 9.17) is 9.84 Å². The van der Waals surface area contributed by atoms with E-state index in [9.17, 15) is 29.0 Å². The molecule has 2 rings (SSSR count). The molecule has 14 heteroatoms. The van der Waals surface area contributed by atoms with Gasteiger partial charge in [-0.05, 0) is 0 Å². The Morgan fingerprint density at radius 1 is 1.39 bits per heavy atom. The standard InChI is InChI=1S/C9H13N2O9P.2Na/c12-3-4-7(20-21(16,17)18)6(14)8(19-4)11-2-1-5(13)10-9(11)15;;/h1-2,4,6-8,12,14H,3H2,(H,10,13,15)(H2,16,17,18);;/q;2*+1/p-2/t4-,6-,7-,8-;;/m1../s1. The number of phosphoric ester groups is 1. The number of ether oxygens (including phenoxy) is 1. The van der Waals surface area contributed by atoms with Crippen LogP contribution in [0.15, 0.2) is 21.9 Å². The van der Waals surface area contributed by atoms with Crippen LogP contribution in [0.2, 0.25) is 0 Å². The van der Waals surface area contributed by atoms with E-state index in [1.807, 2.05) is 4.98 Å². The summed E-state index contributed by atoms with van der Waals surface area (Å²) in [5.74, 6) is 0. The molecule has 1 saturated heterocycles. The Balaban J connectivity index is 0.00000242. The van der Waals surface area contributed by atoms with Gasteiger partial charge < -0.3 is 33.8 Å². The maximum absolute atomic E-state index is 11.6. The van der Waals surface area contributed by atoms with Crippen LogP contribution in [-0.2, 0) is 13.8 Å². The largest absolute Gasteiger partial charge is 1.00 e. The molecule has 23 heavy (non-hydrogen) atoms. The molecule has 0 spiro atoms. The first-order valence-electron chi connectivity index (χ1n) is 5.69. The summed E-state index contributed by atoms with van der Waals surface area (Å²) in [5.41, 5.74) is -1.60. The first-order chi connectivity index (χ1) is 9.73. The second kappa shape index (κ2) is 9.39. The molecule has 118 valence electrons. The molecule has 1 aliphatic rings. The maximum Gasteiger partial charge on any atom is 1.00 e. The molecule has 1 fully saturated rings. The summed E-state index contributed by atoms with van der Waals surface area (Å²) in [7, 11) is -5.44. The van der Waals surface area contributed by atoms with Gasteiger partial charge in [-0.3, -0.25) is 14.3 Å². The van der Waals surface area contributed by atoms with E-state index in [0.29, 0.717) is 0 Å². The van der Waals surface area contributed by atoms with Crippen molar-refractivity contribution < 1.29 is 92.9 Å². The predicted molar refractivity (Wildman–Crippen MR) is 60.8 cm³/mol. The van der Waals surface area contributed by atoms with E-state index >= 15 is 0 Å². The molecule has 1 aromatic heterocycles. The molecule has 2 heterocycles. The van der Waals surface area contributed by atoms with Gasteiger partial charge in [-0.15, -0.1) is 0 Å². The van der Waals surface area contributed by atoms with Gasteiger partial charge in [0.1, 0.15) is 18.3 Å². The van der Waals surface area contributed by atoms with Crippen molar-refractivity contribution in [1.29, 1.82) is 0 Å². The third kappa shape index (κ3) is 5.86. The Kier molecular flexibility index (Phi) is 9.66. The molecule has 11 nitrogen and oxygen atoms in total. The summed E-state index contributed by atoms with van der Waals surface area (Å²) in [6, 6.07) is 0.978. The van der Waals surface area contributed by atoms with Gasteiger partial charge in [0.15, 0.2) is 6.23 Å². The molecule has 1 aromatic rings. The zero-order valence-corrected chi connectivity index (χ0v) is 17.2. The maximum atomic E-state index is 11.6. The fraction of sp³-hybridized carbons (Fsp3) is 0.556. The Bertz CT molecular complexity index is 673. The SMILES string of the molecule is O=c1ccn([C@@H]2O[C@H](CO)[C@@H](OP(=O)([O-])[O-])[C@H]2O)c(=O)[nH]1.[Na+].[Na+]. The number of H-pyrrole nitrogens is 1. The topological polar surface area (TPSA) is 177 Å². The molecule has 0 saturated carbocycles. The molecule has 4 atom stereocenters. The third-order valence-electron chi connectivity index (χ3n) is 2.87. The molecule has 0 radical (unpaired) electrons. The number of nitrogens with one attached hydrogen (secondary N) is 1. The van der Waals surface area contributed by atoms with Crippen LogP contribution in [0.1, 0.15) is 6.23 Å². The molecular weight excluding hydrogens is 357 g/mol. The number of aliphatic hydroxyl groups is 2. The summed E-state index contributed by atoms with van der Waals surface area (Å²) < 4.78 is 20.7. The van der Waals surface area contributed by atoms with Gasteiger partial charge in [-0.2, -0.15) is 0 Å². The molecule has 0 aromatic carbocycles. The van der Waals surface area contributed by atoms with Crippen LogP contribution >= 0.6 is 7.82 Å². The van der Waals surface area contributed by atoms with Crippen molar-refractivity contribution in [1.82, 2.24) is 9.55 Å². The summed E-state index contributed by atoms with van der Waals surface area (Å²) in [6.07, 6.45) is -5.13. The molecule has 3 N–H and O–H groups in total. The Labute approximate surface area is 173 Å². The van der Waals surface area contributed by atoms with Gasteiger partial charge in [0.2, 0.25) is 0 Å². The average molecular weight is 368 g/mol. The normalized spacial score (nSPS) is 27.1. The number of aromatic nitrogens is 2. The van der Waals surface area contributed by atoms with Gasteiger partial charge in [0, 0.05) is 12.3 Å². The van der Waals surface area contributed by atoms with E-state index in [1.165, 1.54) is 0 Å². The van der Waals surface area contributed by atoms with E-state index in [2.05, 4.69) is 4.52 Å². The minimum absolute atomic E-state index is 0. The average Bonchev–Trinajstić information content (AvgIpc) is 2.65. The van der Waals surface area contributed by atoms with Crippen LogP contribution in [0.4, 0.5) is 0 Å². The van der Waals surface area contributed by atoms with E-state index in [-0.39, 0.29) is 59.1 Å². The summed E-state index contributed by atoms with van der Waals surface area (Å²) in [5, 5.41) is 19.0. The summed E-state index contributed by atoms with van der Waals surface area (Å²) in [4.78, 5) is 45.7. The van der Waals surface area contributed by atoms with Crippen molar-refractivity contribution in [2.45, 2.75) is 24.5 Å². The van der Waals surface area contributed by atoms with Crippen LogP contribution in [0.3, 0.4) is 0 Å². The third-order valence-corrected chi connectivity index (χ3v) is 3.37. The number of hydrogen-bond donors (Lipinski definition) is 3. The predicted octanol–water partition coefficient (Wildman–Crippen LogP) is -9.99. The summed E-state index contributed by atoms with van der Waals surface area (Å²) >= 11 is 0. The monoisotopic (exact) mass is 368 g/mol.